The van der Waals surface area contributed by atoms with Crippen LogP contribution < -0.4 is 10.0 Å². The minimum absolute atomic E-state index is 0.239. The van der Waals surface area contributed by atoms with E-state index in [1.165, 1.54) is 11.3 Å². The van der Waals surface area contributed by atoms with Gasteiger partial charge in [0.25, 0.3) is 15.9 Å². The van der Waals surface area contributed by atoms with Crippen molar-refractivity contribution >= 4 is 38.1 Å². The Kier molecular flexibility index (Phi) is 5.06. The second-order valence-corrected chi connectivity index (χ2v) is 8.29. The summed E-state index contributed by atoms with van der Waals surface area (Å²) in [6.07, 6.45) is 1.60. The zero-order valence-corrected chi connectivity index (χ0v) is 15.8. The molecule has 0 aliphatic rings. The summed E-state index contributed by atoms with van der Waals surface area (Å²) in [5, 5.41) is 4.95. The van der Waals surface area contributed by atoms with E-state index < -0.39 is 10.0 Å². The van der Waals surface area contributed by atoms with Gasteiger partial charge in [0, 0.05) is 22.8 Å². The number of carbonyl (C=O) groups is 1. The van der Waals surface area contributed by atoms with Crippen LogP contribution in [0, 0.1) is 13.8 Å². The molecule has 0 fully saturated rings. The van der Waals surface area contributed by atoms with Gasteiger partial charge in [0.2, 0.25) is 0 Å². The number of hydrogen-bond donors (Lipinski definition) is 2. The maximum absolute atomic E-state index is 12.6. The number of rotatable bonds is 5. The van der Waals surface area contributed by atoms with Crippen LogP contribution >= 0.6 is 11.3 Å². The Morgan fingerprint density at radius 3 is 2.46 bits per heavy atom. The average Bonchev–Trinajstić information content (AvgIpc) is 3.10. The summed E-state index contributed by atoms with van der Waals surface area (Å²) in [7, 11) is -3.70. The number of anilines is 2. The number of nitrogens with zero attached hydrogens (tertiary/aromatic N) is 1. The van der Waals surface area contributed by atoms with Crippen molar-refractivity contribution in [2.75, 3.05) is 10.0 Å². The van der Waals surface area contributed by atoms with Gasteiger partial charge >= 0.3 is 0 Å². The highest BCUT2D eigenvalue weighted by Crippen LogP contribution is 2.21. The normalized spacial score (nSPS) is 11.2. The van der Waals surface area contributed by atoms with Crippen LogP contribution in [0.2, 0.25) is 0 Å². The molecule has 2 aromatic carbocycles. The number of amides is 1. The number of hydrogen-bond acceptors (Lipinski definition) is 5. The van der Waals surface area contributed by atoms with Gasteiger partial charge in [-0.25, -0.2) is 13.4 Å². The zero-order chi connectivity index (χ0) is 18.7. The third-order valence-corrected chi connectivity index (χ3v) is 5.90. The van der Waals surface area contributed by atoms with Gasteiger partial charge in [0.05, 0.1) is 4.90 Å². The lowest BCUT2D eigenvalue weighted by Crippen LogP contribution is -2.15. The van der Waals surface area contributed by atoms with Crippen LogP contribution in [0.15, 0.2) is 58.9 Å². The van der Waals surface area contributed by atoms with Gasteiger partial charge in [-0.3, -0.25) is 14.8 Å². The standard InChI is InChI=1S/C18H17N3O3S2/c1-12-3-4-13(2)16(11-12)26(23,24)21-15-7-5-14(6-8-15)17(22)20-18-19-9-10-25-18/h3-11,21H,1-2H3,(H,19,20,22). The molecule has 3 rings (SSSR count). The summed E-state index contributed by atoms with van der Waals surface area (Å²) in [6, 6.07) is 11.5. The van der Waals surface area contributed by atoms with E-state index in [2.05, 4.69) is 15.0 Å². The lowest BCUT2D eigenvalue weighted by molar-refractivity contribution is 0.102. The van der Waals surface area contributed by atoms with Crippen molar-refractivity contribution in [2.45, 2.75) is 18.7 Å². The molecule has 1 aromatic heterocycles. The van der Waals surface area contributed by atoms with E-state index in [1.54, 1.807) is 54.9 Å². The van der Waals surface area contributed by atoms with Crippen LogP contribution in [-0.4, -0.2) is 19.3 Å². The van der Waals surface area contributed by atoms with Crippen molar-refractivity contribution in [3.05, 3.63) is 70.7 Å². The van der Waals surface area contributed by atoms with Crippen molar-refractivity contribution in [3.8, 4) is 0 Å². The van der Waals surface area contributed by atoms with Crippen LogP contribution in [0.3, 0.4) is 0 Å². The minimum atomic E-state index is -3.70. The van der Waals surface area contributed by atoms with E-state index in [0.29, 0.717) is 21.9 Å². The number of aromatic nitrogens is 1. The summed E-state index contributed by atoms with van der Waals surface area (Å²) in [5.74, 6) is -0.302. The molecule has 8 heteroatoms. The summed E-state index contributed by atoms with van der Waals surface area (Å²) in [6.45, 7) is 3.59. The molecule has 0 aliphatic heterocycles. The number of thiazole rings is 1. The molecule has 26 heavy (non-hydrogen) atoms. The fourth-order valence-corrected chi connectivity index (χ4v) is 4.26. The van der Waals surface area contributed by atoms with Crippen molar-refractivity contribution in [1.29, 1.82) is 0 Å². The first-order valence-electron chi connectivity index (χ1n) is 7.76. The number of aryl methyl sites for hydroxylation is 2. The molecule has 2 N–H and O–H groups in total. The van der Waals surface area contributed by atoms with Crippen LogP contribution in [0.25, 0.3) is 0 Å². The Morgan fingerprint density at radius 2 is 1.81 bits per heavy atom. The SMILES string of the molecule is Cc1ccc(C)c(S(=O)(=O)Nc2ccc(C(=O)Nc3nccs3)cc2)c1. The first-order chi connectivity index (χ1) is 12.3. The van der Waals surface area contributed by atoms with Crippen molar-refractivity contribution in [2.24, 2.45) is 0 Å². The maximum atomic E-state index is 12.6. The topological polar surface area (TPSA) is 88.2 Å². The largest absolute Gasteiger partial charge is 0.298 e. The lowest BCUT2D eigenvalue weighted by atomic mass is 10.2. The third-order valence-electron chi connectivity index (χ3n) is 3.69. The second kappa shape index (κ2) is 7.27. The monoisotopic (exact) mass is 387 g/mol. The first-order valence-corrected chi connectivity index (χ1v) is 10.1. The molecule has 0 radical (unpaired) electrons. The molecule has 0 atom stereocenters. The Hall–Kier alpha value is -2.71. The molecule has 0 saturated heterocycles. The van der Waals surface area contributed by atoms with Crippen molar-refractivity contribution < 1.29 is 13.2 Å². The van der Waals surface area contributed by atoms with Gasteiger partial charge in [-0.05, 0) is 55.3 Å². The van der Waals surface area contributed by atoms with Crippen LogP contribution in [0.1, 0.15) is 21.5 Å². The molecule has 0 saturated carbocycles. The molecule has 3 aromatic rings. The van der Waals surface area contributed by atoms with Crippen LogP contribution in [0.4, 0.5) is 10.8 Å². The third kappa shape index (κ3) is 4.09. The van der Waals surface area contributed by atoms with Gasteiger partial charge in [0.1, 0.15) is 0 Å². The average molecular weight is 387 g/mol. The van der Waals surface area contributed by atoms with E-state index in [9.17, 15) is 13.2 Å². The van der Waals surface area contributed by atoms with Gasteiger partial charge in [-0.1, -0.05) is 12.1 Å². The second-order valence-electron chi connectivity index (χ2n) is 5.74. The molecule has 0 aliphatic carbocycles. The Balaban J connectivity index is 1.76. The van der Waals surface area contributed by atoms with Gasteiger partial charge < -0.3 is 0 Å². The zero-order valence-electron chi connectivity index (χ0n) is 14.2. The minimum Gasteiger partial charge on any atom is -0.298 e. The first kappa shape index (κ1) is 18.1. The van der Waals surface area contributed by atoms with E-state index in [-0.39, 0.29) is 10.8 Å². The molecular formula is C18H17N3O3S2. The van der Waals surface area contributed by atoms with Crippen LogP contribution in [-0.2, 0) is 10.0 Å². The Labute approximate surface area is 156 Å². The van der Waals surface area contributed by atoms with Crippen LogP contribution in [0.5, 0.6) is 0 Å². The summed E-state index contributed by atoms with van der Waals surface area (Å²) in [4.78, 5) is 16.4. The lowest BCUT2D eigenvalue weighted by Gasteiger charge is -2.11. The molecule has 0 bridgehead atoms. The number of carbonyl (C=O) groups excluding carboxylic acids is 1. The molecular weight excluding hydrogens is 370 g/mol. The molecule has 134 valence electrons. The summed E-state index contributed by atoms with van der Waals surface area (Å²) >= 11 is 1.32. The smallest absolute Gasteiger partial charge is 0.262 e. The highest BCUT2D eigenvalue weighted by atomic mass is 32.2. The maximum Gasteiger partial charge on any atom is 0.262 e. The predicted molar refractivity (Wildman–Crippen MR) is 103 cm³/mol. The van der Waals surface area contributed by atoms with E-state index in [0.717, 1.165) is 5.56 Å². The molecule has 1 heterocycles. The molecule has 0 unspecified atom stereocenters. The molecule has 1 amide bonds. The molecule has 6 nitrogen and oxygen atoms in total. The molecule has 0 spiro atoms. The van der Waals surface area contributed by atoms with Gasteiger partial charge in [-0.15, -0.1) is 11.3 Å². The highest BCUT2D eigenvalue weighted by Gasteiger charge is 2.17. The number of sulfonamides is 1. The predicted octanol–water partition coefficient (Wildman–Crippen LogP) is 3.81. The Morgan fingerprint density at radius 1 is 1.08 bits per heavy atom. The Bertz CT molecular complexity index is 1030. The highest BCUT2D eigenvalue weighted by molar-refractivity contribution is 7.92. The summed E-state index contributed by atoms with van der Waals surface area (Å²) < 4.78 is 27.8. The fraction of sp³-hybridized carbons (Fsp3) is 0.111. The van der Waals surface area contributed by atoms with Crippen molar-refractivity contribution in [3.63, 3.8) is 0 Å². The van der Waals surface area contributed by atoms with Crippen molar-refractivity contribution in [1.82, 2.24) is 4.98 Å². The van der Waals surface area contributed by atoms with E-state index >= 15 is 0 Å². The van der Waals surface area contributed by atoms with Gasteiger partial charge in [-0.2, -0.15) is 0 Å². The fourth-order valence-electron chi connectivity index (χ4n) is 2.35. The quantitative estimate of drug-likeness (QED) is 0.697. The van der Waals surface area contributed by atoms with E-state index in [1.807, 2.05) is 13.0 Å². The number of nitrogens with one attached hydrogen (secondary N) is 2. The van der Waals surface area contributed by atoms with Gasteiger partial charge in [0.15, 0.2) is 5.13 Å². The van der Waals surface area contributed by atoms with E-state index in [4.69, 9.17) is 0 Å². The summed E-state index contributed by atoms with van der Waals surface area (Å²) in [5.41, 5.74) is 2.33. The number of benzene rings is 2.